The summed E-state index contributed by atoms with van der Waals surface area (Å²) in [4.78, 5) is 28.1. The van der Waals surface area contributed by atoms with Crippen molar-refractivity contribution < 1.29 is 27.5 Å². The lowest BCUT2D eigenvalue weighted by Gasteiger charge is -2.35. The van der Waals surface area contributed by atoms with Gasteiger partial charge in [-0.05, 0) is 31.0 Å². The van der Waals surface area contributed by atoms with Crippen molar-refractivity contribution in [3.05, 3.63) is 29.8 Å². The fourth-order valence-electron chi connectivity index (χ4n) is 3.28. The second kappa shape index (κ2) is 8.26. The predicted molar refractivity (Wildman–Crippen MR) is 92.1 cm³/mol. The molecule has 2 amide bonds. The Balaban J connectivity index is 1.46. The van der Waals surface area contributed by atoms with Gasteiger partial charge in [0.1, 0.15) is 6.10 Å². The number of alkyl halides is 3. The summed E-state index contributed by atoms with van der Waals surface area (Å²) in [5.74, 6) is -0.381. The monoisotopic (exact) mass is 385 g/mol. The number of anilines is 1. The summed E-state index contributed by atoms with van der Waals surface area (Å²) < 4.78 is 43.6. The Morgan fingerprint density at radius 2 is 1.93 bits per heavy atom. The molecule has 9 heteroatoms. The number of halogens is 3. The Kier molecular flexibility index (Phi) is 6.01. The number of hydrogen-bond acceptors (Lipinski definition) is 4. The first-order valence-electron chi connectivity index (χ1n) is 8.93. The summed E-state index contributed by atoms with van der Waals surface area (Å²) >= 11 is 0. The van der Waals surface area contributed by atoms with Crippen molar-refractivity contribution in [2.24, 2.45) is 0 Å². The Morgan fingerprint density at radius 1 is 1.19 bits per heavy atom. The van der Waals surface area contributed by atoms with Crippen molar-refractivity contribution in [3.63, 3.8) is 0 Å². The van der Waals surface area contributed by atoms with E-state index < -0.39 is 11.7 Å². The Hall–Kier alpha value is -2.13. The number of rotatable bonds is 4. The highest BCUT2D eigenvalue weighted by Gasteiger charge is 2.31. The molecule has 1 aromatic carbocycles. The van der Waals surface area contributed by atoms with Crippen LogP contribution < -0.4 is 5.32 Å². The van der Waals surface area contributed by atoms with Crippen molar-refractivity contribution >= 4 is 17.5 Å². The lowest BCUT2D eigenvalue weighted by Crippen LogP contribution is -2.52. The minimum absolute atomic E-state index is 0.000525. The average Bonchev–Trinajstić information content (AvgIpc) is 3.16. The Labute approximate surface area is 155 Å². The van der Waals surface area contributed by atoms with Gasteiger partial charge in [-0.1, -0.05) is 6.07 Å². The number of nitrogens with one attached hydrogen (secondary N) is 1. The van der Waals surface area contributed by atoms with E-state index in [1.54, 1.807) is 4.90 Å². The van der Waals surface area contributed by atoms with Gasteiger partial charge < -0.3 is 15.0 Å². The largest absolute Gasteiger partial charge is 0.416 e. The molecule has 0 saturated carbocycles. The van der Waals surface area contributed by atoms with Gasteiger partial charge in [0.25, 0.3) is 5.91 Å². The molecule has 0 aromatic heterocycles. The summed E-state index contributed by atoms with van der Waals surface area (Å²) in [6.45, 7) is 2.78. The SMILES string of the molecule is O=C(CN1CCN(C(=O)[C@@H]2CCCO2)CC1)Nc1cccc(C(F)(F)F)c1. The van der Waals surface area contributed by atoms with Gasteiger partial charge in [-0.2, -0.15) is 13.2 Å². The standard InChI is InChI=1S/C18H22F3N3O3/c19-18(20,21)13-3-1-4-14(11-13)22-16(25)12-23-6-8-24(9-7-23)17(26)15-5-2-10-27-15/h1,3-4,11,15H,2,5-10,12H2,(H,22,25)/t15-/m0/s1. The molecule has 2 fully saturated rings. The van der Waals surface area contributed by atoms with Crippen LogP contribution in [0.5, 0.6) is 0 Å². The molecule has 2 aliphatic rings. The molecule has 0 unspecified atom stereocenters. The second-order valence-corrected chi connectivity index (χ2v) is 6.73. The van der Waals surface area contributed by atoms with Crippen LogP contribution in [0.25, 0.3) is 0 Å². The van der Waals surface area contributed by atoms with E-state index in [1.165, 1.54) is 12.1 Å². The smallest absolute Gasteiger partial charge is 0.368 e. The first-order valence-corrected chi connectivity index (χ1v) is 8.93. The summed E-state index contributed by atoms with van der Waals surface area (Å²) in [6.07, 6.45) is -3.15. The zero-order valence-electron chi connectivity index (χ0n) is 14.8. The number of piperazine rings is 1. The van der Waals surface area contributed by atoms with Gasteiger partial charge in [0.15, 0.2) is 0 Å². The zero-order chi connectivity index (χ0) is 19.4. The third kappa shape index (κ3) is 5.20. The number of benzene rings is 1. The fraction of sp³-hybridized carbons (Fsp3) is 0.556. The Bertz CT molecular complexity index is 682. The van der Waals surface area contributed by atoms with Crippen LogP contribution in [0, 0.1) is 0 Å². The predicted octanol–water partition coefficient (Wildman–Crippen LogP) is 1.97. The van der Waals surface area contributed by atoms with E-state index >= 15 is 0 Å². The fourth-order valence-corrected chi connectivity index (χ4v) is 3.28. The summed E-state index contributed by atoms with van der Waals surface area (Å²) in [7, 11) is 0. The molecule has 1 aromatic rings. The summed E-state index contributed by atoms with van der Waals surface area (Å²) in [5, 5.41) is 2.50. The Morgan fingerprint density at radius 3 is 2.56 bits per heavy atom. The van der Waals surface area contributed by atoms with Crippen LogP contribution in [0.3, 0.4) is 0 Å². The third-order valence-electron chi connectivity index (χ3n) is 4.73. The van der Waals surface area contributed by atoms with E-state index in [0.717, 1.165) is 25.0 Å². The minimum atomic E-state index is -4.45. The highest BCUT2D eigenvalue weighted by molar-refractivity contribution is 5.92. The molecular weight excluding hydrogens is 363 g/mol. The van der Waals surface area contributed by atoms with Crippen molar-refractivity contribution in [2.45, 2.75) is 25.1 Å². The molecule has 2 aliphatic heterocycles. The average molecular weight is 385 g/mol. The van der Waals surface area contributed by atoms with Gasteiger partial charge in [0.05, 0.1) is 12.1 Å². The maximum Gasteiger partial charge on any atom is 0.416 e. The zero-order valence-corrected chi connectivity index (χ0v) is 14.8. The number of ether oxygens (including phenoxy) is 1. The van der Waals surface area contributed by atoms with Gasteiger partial charge in [-0.15, -0.1) is 0 Å². The molecule has 0 radical (unpaired) electrons. The molecule has 0 aliphatic carbocycles. The van der Waals surface area contributed by atoms with Gasteiger partial charge in [-0.3, -0.25) is 14.5 Å². The molecule has 27 heavy (non-hydrogen) atoms. The van der Waals surface area contributed by atoms with Crippen LogP contribution in [-0.4, -0.2) is 67.0 Å². The van der Waals surface area contributed by atoms with Crippen LogP contribution >= 0.6 is 0 Å². The highest BCUT2D eigenvalue weighted by atomic mass is 19.4. The normalized spacial score (nSPS) is 21.3. The van der Waals surface area contributed by atoms with E-state index in [2.05, 4.69) is 5.32 Å². The van der Waals surface area contributed by atoms with Crippen LogP contribution in [0.4, 0.5) is 18.9 Å². The van der Waals surface area contributed by atoms with Crippen molar-refractivity contribution in [1.29, 1.82) is 0 Å². The molecule has 148 valence electrons. The topological polar surface area (TPSA) is 61.9 Å². The molecule has 0 bridgehead atoms. The van der Waals surface area contributed by atoms with Crippen molar-refractivity contribution in [1.82, 2.24) is 9.80 Å². The van der Waals surface area contributed by atoms with E-state index in [4.69, 9.17) is 4.74 Å². The first-order chi connectivity index (χ1) is 12.8. The first kappa shape index (κ1) is 19.6. The number of carbonyl (C=O) groups is 2. The van der Waals surface area contributed by atoms with Crippen LogP contribution in [0.1, 0.15) is 18.4 Å². The number of hydrogen-bond donors (Lipinski definition) is 1. The third-order valence-corrected chi connectivity index (χ3v) is 4.73. The maximum atomic E-state index is 12.7. The van der Waals surface area contributed by atoms with E-state index in [0.29, 0.717) is 32.8 Å². The molecule has 0 spiro atoms. The number of carbonyl (C=O) groups excluding carboxylic acids is 2. The summed E-state index contributed by atoms with van der Waals surface area (Å²) in [5.41, 5.74) is -0.691. The van der Waals surface area contributed by atoms with Gasteiger partial charge in [-0.25, -0.2) is 0 Å². The van der Waals surface area contributed by atoms with E-state index in [-0.39, 0.29) is 30.2 Å². The summed E-state index contributed by atoms with van der Waals surface area (Å²) in [6, 6.07) is 4.55. The van der Waals surface area contributed by atoms with Gasteiger partial charge in [0, 0.05) is 38.5 Å². The molecule has 2 heterocycles. The van der Waals surface area contributed by atoms with Crippen LogP contribution in [0.2, 0.25) is 0 Å². The lowest BCUT2D eigenvalue weighted by atomic mass is 10.2. The van der Waals surface area contributed by atoms with Gasteiger partial charge >= 0.3 is 6.18 Å². The van der Waals surface area contributed by atoms with Crippen molar-refractivity contribution in [3.8, 4) is 0 Å². The maximum absolute atomic E-state index is 12.7. The van der Waals surface area contributed by atoms with E-state index in [1.807, 2.05) is 4.90 Å². The molecule has 2 saturated heterocycles. The highest BCUT2D eigenvalue weighted by Crippen LogP contribution is 2.30. The number of nitrogens with zero attached hydrogens (tertiary/aromatic N) is 2. The van der Waals surface area contributed by atoms with Crippen LogP contribution in [0.15, 0.2) is 24.3 Å². The minimum Gasteiger partial charge on any atom is -0.368 e. The second-order valence-electron chi connectivity index (χ2n) is 6.73. The molecule has 6 nitrogen and oxygen atoms in total. The molecule has 1 N–H and O–H groups in total. The molecule has 1 atom stereocenters. The quantitative estimate of drug-likeness (QED) is 0.861. The van der Waals surface area contributed by atoms with Crippen molar-refractivity contribution in [2.75, 3.05) is 44.6 Å². The molecular formula is C18H22F3N3O3. The van der Waals surface area contributed by atoms with Gasteiger partial charge in [0.2, 0.25) is 5.91 Å². The lowest BCUT2D eigenvalue weighted by molar-refractivity contribution is -0.142. The van der Waals surface area contributed by atoms with E-state index in [9.17, 15) is 22.8 Å². The van der Waals surface area contributed by atoms with Crippen LogP contribution in [-0.2, 0) is 20.5 Å². The number of amides is 2. The molecule has 3 rings (SSSR count).